The maximum atomic E-state index is 12.8. The first kappa shape index (κ1) is 16.5. The second-order valence-corrected chi connectivity index (χ2v) is 6.12. The molecule has 0 amide bonds. The number of hydrogen-bond acceptors (Lipinski definition) is 6. The van der Waals surface area contributed by atoms with Crippen LogP contribution in [0.25, 0.3) is 22.4 Å². The Morgan fingerprint density at radius 3 is 2.69 bits per heavy atom. The van der Waals surface area contributed by atoms with Crippen LogP contribution in [0.4, 0.5) is 0 Å². The molecule has 10 heteroatoms. The third-order valence-electron chi connectivity index (χ3n) is 3.85. The van der Waals surface area contributed by atoms with Gasteiger partial charge in [0.15, 0.2) is 11.2 Å². The summed E-state index contributed by atoms with van der Waals surface area (Å²) in [5.74, 6) is -0.585. The molecule has 0 saturated carbocycles. The van der Waals surface area contributed by atoms with E-state index in [4.69, 9.17) is 23.2 Å². The van der Waals surface area contributed by atoms with E-state index in [1.54, 1.807) is 30.5 Å². The van der Waals surface area contributed by atoms with E-state index < -0.39 is 11.5 Å². The summed E-state index contributed by atoms with van der Waals surface area (Å²) in [6.45, 7) is 0. The zero-order valence-electron chi connectivity index (χ0n) is 13.2. The SMILES string of the molecule is COC(=O)c1cnn2c1nnc1c(=O)n(-c3ccc(Cl)c(Cl)c3)ccc12. The standard InChI is InChI=1S/C16H9Cl2N5O3/c1-26-16(25)9-7-19-23-12-4-5-22(8-2-3-10(17)11(18)6-8)15(24)13(12)20-21-14(9)23/h2-7H,1H3. The number of methoxy groups -OCH3 is 1. The highest BCUT2D eigenvalue weighted by Crippen LogP contribution is 2.24. The van der Waals surface area contributed by atoms with Crippen molar-refractivity contribution in [3.8, 4) is 5.69 Å². The van der Waals surface area contributed by atoms with Crippen LogP contribution in [0, 0.1) is 0 Å². The van der Waals surface area contributed by atoms with Crippen LogP contribution in [0.3, 0.4) is 0 Å². The predicted molar refractivity (Wildman–Crippen MR) is 95.2 cm³/mol. The number of carbonyl (C=O) groups excluding carboxylic acids is 1. The quantitative estimate of drug-likeness (QED) is 0.489. The fourth-order valence-electron chi connectivity index (χ4n) is 2.58. The van der Waals surface area contributed by atoms with Crippen molar-refractivity contribution in [2.45, 2.75) is 0 Å². The smallest absolute Gasteiger partial charge is 0.343 e. The van der Waals surface area contributed by atoms with E-state index in [0.717, 1.165) is 0 Å². The summed E-state index contributed by atoms with van der Waals surface area (Å²) >= 11 is 11.9. The van der Waals surface area contributed by atoms with Crippen LogP contribution >= 0.6 is 23.2 Å². The molecule has 3 heterocycles. The highest BCUT2D eigenvalue weighted by atomic mass is 35.5. The van der Waals surface area contributed by atoms with Crippen molar-refractivity contribution in [2.75, 3.05) is 7.11 Å². The van der Waals surface area contributed by atoms with Crippen molar-refractivity contribution in [1.29, 1.82) is 0 Å². The van der Waals surface area contributed by atoms with Gasteiger partial charge in [-0.2, -0.15) is 5.10 Å². The number of halogens is 2. The minimum absolute atomic E-state index is 0.0885. The molecule has 0 aliphatic rings. The Labute approximate surface area is 155 Å². The molecule has 1 aromatic carbocycles. The molecule has 0 radical (unpaired) electrons. The number of hydrogen-bond donors (Lipinski definition) is 0. The molecule has 0 spiro atoms. The van der Waals surface area contributed by atoms with Gasteiger partial charge >= 0.3 is 5.97 Å². The first-order valence-electron chi connectivity index (χ1n) is 7.31. The summed E-state index contributed by atoms with van der Waals surface area (Å²) in [5.41, 5.74) is 0.984. The maximum absolute atomic E-state index is 12.8. The van der Waals surface area contributed by atoms with Crippen LogP contribution < -0.4 is 5.56 Å². The average Bonchev–Trinajstić information content (AvgIpc) is 3.08. The van der Waals surface area contributed by atoms with Crippen molar-refractivity contribution < 1.29 is 9.53 Å². The number of aromatic nitrogens is 5. The van der Waals surface area contributed by atoms with E-state index in [9.17, 15) is 9.59 Å². The largest absolute Gasteiger partial charge is 0.465 e. The lowest BCUT2D eigenvalue weighted by Crippen LogP contribution is -2.20. The van der Waals surface area contributed by atoms with Gasteiger partial charge in [-0.25, -0.2) is 9.31 Å². The molecule has 3 aromatic heterocycles. The Bertz CT molecular complexity index is 1250. The number of pyridine rings is 1. The van der Waals surface area contributed by atoms with Crippen molar-refractivity contribution in [1.82, 2.24) is 24.4 Å². The summed E-state index contributed by atoms with van der Waals surface area (Å²) in [6, 6.07) is 6.49. The normalized spacial score (nSPS) is 11.2. The molecule has 26 heavy (non-hydrogen) atoms. The molecule has 0 atom stereocenters. The first-order chi connectivity index (χ1) is 12.5. The molecule has 0 saturated heterocycles. The Balaban J connectivity index is 1.96. The molecule has 0 unspecified atom stereocenters. The second kappa shape index (κ2) is 6.08. The molecule has 0 bridgehead atoms. The Morgan fingerprint density at radius 1 is 1.15 bits per heavy atom. The third-order valence-corrected chi connectivity index (χ3v) is 4.59. The van der Waals surface area contributed by atoms with Crippen molar-refractivity contribution in [2.24, 2.45) is 0 Å². The molecule has 0 aliphatic heterocycles. The summed E-state index contributed by atoms with van der Waals surface area (Å²) < 4.78 is 7.43. The van der Waals surface area contributed by atoms with E-state index >= 15 is 0 Å². The van der Waals surface area contributed by atoms with Crippen molar-refractivity contribution in [3.05, 3.63) is 62.6 Å². The predicted octanol–water partition coefficient (Wildman–Crippen LogP) is 2.52. The van der Waals surface area contributed by atoms with Gasteiger partial charge < -0.3 is 4.74 Å². The van der Waals surface area contributed by atoms with Gasteiger partial charge in [0.25, 0.3) is 5.56 Å². The van der Waals surface area contributed by atoms with Gasteiger partial charge in [-0.15, -0.1) is 10.2 Å². The van der Waals surface area contributed by atoms with E-state index in [1.165, 1.54) is 22.4 Å². The van der Waals surface area contributed by atoms with Crippen LogP contribution in [0.2, 0.25) is 10.0 Å². The van der Waals surface area contributed by atoms with Crippen LogP contribution in [0.15, 0.2) is 41.5 Å². The van der Waals surface area contributed by atoms with Gasteiger partial charge in [-0.1, -0.05) is 23.2 Å². The molecule has 4 aromatic rings. The highest BCUT2D eigenvalue weighted by molar-refractivity contribution is 6.42. The lowest BCUT2D eigenvalue weighted by molar-refractivity contribution is 0.0602. The molecular formula is C16H9Cl2N5O3. The fourth-order valence-corrected chi connectivity index (χ4v) is 2.88. The average molecular weight is 390 g/mol. The summed E-state index contributed by atoms with van der Waals surface area (Å²) in [6.07, 6.45) is 2.88. The molecular weight excluding hydrogens is 381 g/mol. The monoisotopic (exact) mass is 389 g/mol. The number of esters is 1. The zero-order chi connectivity index (χ0) is 18.4. The number of rotatable bonds is 2. The molecule has 0 N–H and O–H groups in total. The van der Waals surface area contributed by atoms with Gasteiger partial charge in [0.05, 0.1) is 29.0 Å². The molecule has 0 fully saturated rings. The third kappa shape index (κ3) is 2.42. The summed E-state index contributed by atoms with van der Waals surface area (Å²) in [4.78, 5) is 24.6. The minimum atomic E-state index is -0.585. The van der Waals surface area contributed by atoms with Crippen LogP contribution in [-0.4, -0.2) is 37.5 Å². The van der Waals surface area contributed by atoms with E-state index in [2.05, 4.69) is 20.0 Å². The van der Waals surface area contributed by atoms with Crippen molar-refractivity contribution in [3.63, 3.8) is 0 Å². The Morgan fingerprint density at radius 2 is 1.96 bits per heavy atom. The Hall–Kier alpha value is -2.97. The van der Waals surface area contributed by atoms with Crippen LogP contribution in [0.5, 0.6) is 0 Å². The number of benzene rings is 1. The Kier molecular flexibility index (Phi) is 3.86. The number of ether oxygens (including phenoxy) is 1. The van der Waals surface area contributed by atoms with Gasteiger partial charge in [-0.05, 0) is 24.3 Å². The van der Waals surface area contributed by atoms with E-state index in [-0.39, 0.29) is 16.7 Å². The van der Waals surface area contributed by atoms with Crippen LogP contribution in [-0.2, 0) is 4.74 Å². The minimum Gasteiger partial charge on any atom is -0.465 e. The second-order valence-electron chi connectivity index (χ2n) is 5.31. The lowest BCUT2D eigenvalue weighted by atomic mass is 10.3. The van der Waals surface area contributed by atoms with Gasteiger partial charge in [0, 0.05) is 6.20 Å². The summed E-state index contributed by atoms with van der Waals surface area (Å²) in [7, 11) is 1.26. The molecule has 8 nitrogen and oxygen atoms in total. The maximum Gasteiger partial charge on any atom is 0.343 e. The fraction of sp³-hybridized carbons (Fsp3) is 0.0625. The molecule has 0 aliphatic carbocycles. The van der Waals surface area contributed by atoms with Crippen molar-refractivity contribution >= 4 is 45.9 Å². The lowest BCUT2D eigenvalue weighted by Gasteiger charge is -2.08. The van der Waals surface area contributed by atoms with E-state index in [0.29, 0.717) is 21.2 Å². The van der Waals surface area contributed by atoms with E-state index in [1.807, 2.05) is 0 Å². The van der Waals surface area contributed by atoms with Crippen LogP contribution in [0.1, 0.15) is 10.4 Å². The first-order valence-corrected chi connectivity index (χ1v) is 8.06. The number of fused-ring (bicyclic) bond motifs is 3. The topological polar surface area (TPSA) is 91.4 Å². The van der Waals surface area contributed by atoms with Gasteiger partial charge in [0.2, 0.25) is 0 Å². The highest BCUT2D eigenvalue weighted by Gasteiger charge is 2.18. The summed E-state index contributed by atoms with van der Waals surface area (Å²) in [5, 5.41) is 12.8. The number of nitrogens with zero attached hydrogens (tertiary/aromatic N) is 5. The van der Waals surface area contributed by atoms with Gasteiger partial charge in [-0.3, -0.25) is 9.36 Å². The molecule has 4 rings (SSSR count). The molecule has 130 valence electrons. The number of carbonyl (C=O) groups is 1. The zero-order valence-corrected chi connectivity index (χ0v) is 14.7. The van der Waals surface area contributed by atoms with Gasteiger partial charge in [0.1, 0.15) is 11.1 Å².